The highest BCUT2D eigenvalue weighted by molar-refractivity contribution is 7.16. The lowest BCUT2D eigenvalue weighted by molar-refractivity contribution is 0.340. The summed E-state index contributed by atoms with van der Waals surface area (Å²) in [5, 5.41) is 6.74. The van der Waals surface area contributed by atoms with Crippen LogP contribution in [0.25, 0.3) is 10.2 Å². The molecule has 0 radical (unpaired) electrons. The van der Waals surface area contributed by atoms with Crippen LogP contribution < -0.4 is 10.3 Å². The van der Waals surface area contributed by atoms with E-state index < -0.39 is 0 Å². The van der Waals surface area contributed by atoms with Crippen LogP contribution >= 0.6 is 11.3 Å². The first-order valence-electron chi connectivity index (χ1n) is 6.93. The van der Waals surface area contributed by atoms with Crippen LogP contribution in [0.4, 0.5) is 0 Å². The van der Waals surface area contributed by atoms with E-state index in [2.05, 4.69) is 10.1 Å². The van der Waals surface area contributed by atoms with Gasteiger partial charge < -0.3 is 4.74 Å². The van der Waals surface area contributed by atoms with Gasteiger partial charge >= 0.3 is 0 Å². The number of para-hydroxylation sites is 1. The molecule has 3 aromatic rings. The maximum atomic E-state index is 12.4. The standard InChI is InChI=1S/C16H15N3O2S/c1-3-21-14-7-5-4-6-12(14)10-17-19-11(2)18-15-13(16(19)20)8-9-22-15/h4-10H,3H2,1-2H3/b17-10-. The number of thiophene rings is 1. The minimum absolute atomic E-state index is 0.158. The van der Waals surface area contributed by atoms with E-state index in [0.29, 0.717) is 17.8 Å². The van der Waals surface area contributed by atoms with Gasteiger partial charge in [-0.05, 0) is 37.4 Å². The highest BCUT2D eigenvalue weighted by atomic mass is 32.1. The normalized spacial score (nSPS) is 11.4. The fourth-order valence-corrected chi connectivity index (χ4v) is 2.94. The van der Waals surface area contributed by atoms with Crippen molar-refractivity contribution in [3.8, 4) is 5.75 Å². The summed E-state index contributed by atoms with van der Waals surface area (Å²) >= 11 is 1.45. The van der Waals surface area contributed by atoms with E-state index in [-0.39, 0.29) is 5.56 Å². The molecule has 0 saturated carbocycles. The summed E-state index contributed by atoms with van der Waals surface area (Å²) in [7, 11) is 0. The molecule has 1 aromatic carbocycles. The summed E-state index contributed by atoms with van der Waals surface area (Å²) in [6.07, 6.45) is 1.62. The van der Waals surface area contributed by atoms with Gasteiger partial charge in [0.05, 0.1) is 18.2 Å². The molecular formula is C16H15N3O2S. The van der Waals surface area contributed by atoms with Crippen LogP contribution in [0.1, 0.15) is 18.3 Å². The molecule has 2 aromatic heterocycles. The Morgan fingerprint density at radius 1 is 1.36 bits per heavy atom. The molecule has 0 atom stereocenters. The van der Waals surface area contributed by atoms with Gasteiger partial charge in [-0.3, -0.25) is 4.79 Å². The largest absolute Gasteiger partial charge is 0.493 e. The predicted molar refractivity (Wildman–Crippen MR) is 89.2 cm³/mol. The second kappa shape index (κ2) is 6.11. The fraction of sp³-hybridized carbons (Fsp3) is 0.188. The first-order chi connectivity index (χ1) is 10.7. The van der Waals surface area contributed by atoms with Crippen molar-refractivity contribution >= 4 is 27.8 Å². The van der Waals surface area contributed by atoms with Gasteiger partial charge in [-0.25, -0.2) is 4.98 Å². The van der Waals surface area contributed by atoms with E-state index in [9.17, 15) is 4.79 Å². The SMILES string of the molecule is CCOc1ccccc1/C=N\n1c(C)nc2sccc2c1=O. The van der Waals surface area contributed by atoms with E-state index in [1.807, 2.05) is 36.6 Å². The highest BCUT2D eigenvalue weighted by Crippen LogP contribution is 2.17. The molecule has 5 nitrogen and oxygen atoms in total. The molecule has 0 fully saturated rings. The molecule has 0 unspecified atom stereocenters. The van der Waals surface area contributed by atoms with Gasteiger partial charge in [0, 0.05) is 5.56 Å². The molecule has 112 valence electrons. The third kappa shape index (κ3) is 2.65. The Hall–Kier alpha value is -2.47. The number of rotatable bonds is 4. The minimum atomic E-state index is -0.158. The lowest BCUT2D eigenvalue weighted by atomic mass is 10.2. The molecule has 0 aliphatic heterocycles. The Morgan fingerprint density at radius 3 is 3.00 bits per heavy atom. The number of hydrogen-bond donors (Lipinski definition) is 0. The van der Waals surface area contributed by atoms with Gasteiger partial charge in [0.1, 0.15) is 16.4 Å². The first kappa shape index (κ1) is 14.5. The van der Waals surface area contributed by atoms with Crippen molar-refractivity contribution in [3.05, 3.63) is 57.5 Å². The molecule has 3 rings (SSSR count). The molecule has 0 amide bonds. The number of aryl methyl sites for hydroxylation is 1. The Labute approximate surface area is 131 Å². The number of fused-ring (bicyclic) bond motifs is 1. The van der Waals surface area contributed by atoms with Crippen LogP contribution in [0.2, 0.25) is 0 Å². The first-order valence-corrected chi connectivity index (χ1v) is 7.81. The molecule has 0 aliphatic rings. The van der Waals surface area contributed by atoms with Crippen molar-refractivity contribution in [2.24, 2.45) is 5.10 Å². The van der Waals surface area contributed by atoms with E-state index >= 15 is 0 Å². The molecule has 0 N–H and O–H groups in total. The minimum Gasteiger partial charge on any atom is -0.493 e. The van der Waals surface area contributed by atoms with Crippen molar-refractivity contribution < 1.29 is 4.74 Å². The quantitative estimate of drug-likeness (QED) is 0.696. The molecule has 0 spiro atoms. The predicted octanol–water partition coefficient (Wildman–Crippen LogP) is 3.05. The summed E-state index contributed by atoms with van der Waals surface area (Å²) in [4.78, 5) is 17.6. The van der Waals surface area contributed by atoms with Gasteiger partial charge in [-0.1, -0.05) is 12.1 Å². The molecule has 0 bridgehead atoms. The van der Waals surface area contributed by atoms with Gasteiger partial charge in [-0.2, -0.15) is 9.78 Å². The van der Waals surface area contributed by atoms with Crippen LogP contribution in [-0.2, 0) is 0 Å². The number of benzene rings is 1. The third-order valence-corrected chi connectivity index (χ3v) is 3.98. The summed E-state index contributed by atoms with van der Waals surface area (Å²) in [5.41, 5.74) is 0.662. The van der Waals surface area contributed by atoms with Crippen LogP contribution in [0.3, 0.4) is 0 Å². The van der Waals surface area contributed by atoms with Gasteiger partial charge in [0.25, 0.3) is 5.56 Å². The molecule has 6 heteroatoms. The third-order valence-electron chi connectivity index (χ3n) is 3.17. The summed E-state index contributed by atoms with van der Waals surface area (Å²) in [6.45, 7) is 4.27. The Morgan fingerprint density at radius 2 is 2.18 bits per heavy atom. The van der Waals surface area contributed by atoms with Gasteiger partial charge in [0.15, 0.2) is 0 Å². The van der Waals surface area contributed by atoms with Gasteiger partial charge in [-0.15, -0.1) is 11.3 Å². The van der Waals surface area contributed by atoms with Crippen molar-refractivity contribution in [2.45, 2.75) is 13.8 Å². The maximum absolute atomic E-state index is 12.4. The Bertz CT molecular complexity index is 896. The van der Waals surface area contributed by atoms with E-state index in [1.165, 1.54) is 16.0 Å². The molecule has 2 heterocycles. The second-order valence-electron chi connectivity index (χ2n) is 4.63. The molecular weight excluding hydrogens is 298 g/mol. The zero-order valence-electron chi connectivity index (χ0n) is 12.3. The summed E-state index contributed by atoms with van der Waals surface area (Å²) < 4.78 is 6.87. The van der Waals surface area contributed by atoms with Gasteiger partial charge in [0.2, 0.25) is 0 Å². The molecule has 0 aliphatic carbocycles. The highest BCUT2D eigenvalue weighted by Gasteiger charge is 2.08. The zero-order valence-corrected chi connectivity index (χ0v) is 13.1. The van der Waals surface area contributed by atoms with Crippen LogP contribution in [0.15, 0.2) is 45.6 Å². The average Bonchev–Trinajstić information content (AvgIpc) is 2.97. The number of nitrogens with zero attached hydrogens (tertiary/aromatic N) is 3. The molecule has 22 heavy (non-hydrogen) atoms. The van der Waals surface area contributed by atoms with Crippen LogP contribution in [-0.4, -0.2) is 22.5 Å². The van der Waals surface area contributed by atoms with E-state index in [1.54, 1.807) is 19.2 Å². The second-order valence-corrected chi connectivity index (χ2v) is 5.53. The fourth-order valence-electron chi connectivity index (χ4n) is 2.14. The maximum Gasteiger partial charge on any atom is 0.282 e. The number of ether oxygens (including phenoxy) is 1. The lowest BCUT2D eigenvalue weighted by Crippen LogP contribution is -2.19. The summed E-state index contributed by atoms with van der Waals surface area (Å²) in [6, 6.07) is 9.35. The van der Waals surface area contributed by atoms with Crippen molar-refractivity contribution in [2.75, 3.05) is 6.61 Å². The average molecular weight is 313 g/mol. The van der Waals surface area contributed by atoms with E-state index in [0.717, 1.165) is 16.1 Å². The zero-order chi connectivity index (χ0) is 15.5. The number of aromatic nitrogens is 2. The van der Waals surface area contributed by atoms with Crippen molar-refractivity contribution in [1.82, 2.24) is 9.66 Å². The van der Waals surface area contributed by atoms with Crippen LogP contribution in [0, 0.1) is 6.92 Å². The van der Waals surface area contributed by atoms with E-state index in [4.69, 9.17) is 4.74 Å². The topological polar surface area (TPSA) is 56.5 Å². The monoisotopic (exact) mass is 313 g/mol. The number of hydrogen-bond acceptors (Lipinski definition) is 5. The Kier molecular flexibility index (Phi) is 4.02. The molecule has 0 saturated heterocycles. The summed E-state index contributed by atoms with van der Waals surface area (Å²) in [5.74, 6) is 1.30. The van der Waals surface area contributed by atoms with Crippen molar-refractivity contribution in [3.63, 3.8) is 0 Å². The van der Waals surface area contributed by atoms with Crippen molar-refractivity contribution in [1.29, 1.82) is 0 Å². The Balaban J connectivity index is 2.05. The smallest absolute Gasteiger partial charge is 0.282 e. The lowest BCUT2D eigenvalue weighted by Gasteiger charge is -2.06. The van der Waals surface area contributed by atoms with Crippen LogP contribution in [0.5, 0.6) is 5.75 Å².